The van der Waals surface area contributed by atoms with Crippen molar-refractivity contribution in [3.8, 4) is 28.7 Å². The Morgan fingerprint density at radius 1 is 1.09 bits per heavy atom. The highest BCUT2D eigenvalue weighted by Crippen LogP contribution is 2.41. The summed E-state index contributed by atoms with van der Waals surface area (Å²) in [5, 5.41) is 9.38. The predicted molar refractivity (Wildman–Crippen MR) is 126 cm³/mol. The Morgan fingerprint density at radius 2 is 1.85 bits per heavy atom. The SMILES string of the molecule is COc1cc(-c2nnc(SCc3nc4sc5c(c4c(=O)[nH]3)CCCC5)o2)cc(OC)c1OC. The number of rotatable bonds is 7. The van der Waals surface area contributed by atoms with Crippen molar-refractivity contribution in [2.24, 2.45) is 0 Å². The molecule has 0 saturated carbocycles. The van der Waals surface area contributed by atoms with Crippen LogP contribution in [0.15, 0.2) is 26.6 Å². The smallest absolute Gasteiger partial charge is 0.277 e. The lowest BCUT2D eigenvalue weighted by molar-refractivity contribution is 0.324. The summed E-state index contributed by atoms with van der Waals surface area (Å²) in [6, 6.07) is 3.49. The van der Waals surface area contributed by atoms with E-state index in [0.717, 1.165) is 29.5 Å². The van der Waals surface area contributed by atoms with Gasteiger partial charge in [0, 0.05) is 10.4 Å². The number of benzene rings is 1. The number of methoxy groups -OCH3 is 3. The summed E-state index contributed by atoms with van der Waals surface area (Å²) in [4.78, 5) is 22.4. The van der Waals surface area contributed by atoms with Crippen molar-refractivity contribution < 1.29 is 18.6 Å². The van der Waals surface area contributed by atoms with E-state index >= 15 is 0 Å². The summed E-state index contributed by atoms with van der Waals surface area (Å²) >= 11 is 2.95. The first-order valence-corrected chi connectivity index (χ1v) is 12.2. The second-order valence-corrected chi connectivity index (χ2v) is 9.49. The summed E-state index contributed by atoms with van der Waals surface area (Å²) in [6.07, 6.45) is 4.29. The van der Waals surface area contributed by atoms with Crippen molar-refractivity contribution in [1.29, 1.82) is 0 Å². The number of hydrogen-bond donors (Lipinski definition) is 1. The number of thiophene rings is 1. The molecule has 33 heavy (non-hydrogen) atoms. The van der Waals surface area contributed by atoms with Crippen molar-refractivity contribution in [2.45, 2.75) is 36.7 Å². The molecule has 0 fully saturated rings. The Balaban J connectivity index is 1.37. The Labute approximate surface area is 197 Å². The van der Waals surface area contributed by atoms with E-state index in [-0.39, 0.29) is 5.56 Å². The molecule has 1 aliphatic carbocycles. The molecule has 1 aliphatic rings. The highest BCUT2D eigenvalue weighted by Gasteiger charge is 2.21. The molecule has 3 aromatic heterocycles. The first-order chi connectivity index (χ1) is 16.1. The van der Waals surface area contributed by atoms with Gasteiger partial charge in [-0.3, -0.25) is 4.79 Å². The van der Waals surface area contributed by atoms with Crippen molar-refractivity contribution in [3.63, 3.8) is 0 Å². The highest BCUT2D eigenvalue weighted by atomic mass is 32.2. The molecule has 5 rings (SSSR count). The fraction of sp³-hybridized carbons (Fsp3) is 0.364. The molecular weight excluding hydrogens is 464 g/mol. The number of H-pyrrole nitrogens is 1. The third-order valence-electron chi connectivity index (χ3n) is 5.52. The normalized spacial score (nSPS) is 13.2. The van der Waals surface area contributed by atoms with E-state index in [1.54, 1.807) is 44.8 Å². The molecule has 0 spiro atoms. The summed E-state index contributed by atoms with van der Waals surface area (Å²) in [5.74, 6) is 2.78. The number of hydrogen-bond acceptors (Lipinski definition) is 10. The van der Waals surface area contributed by atoms with E-state index < -0.39 is 0 Å². The number of fused-ring (bicyclic) bond motifs is 3. The van der Waals surface area contributed by atoms with Gasteiger partial charge in [-0.1, -0.05) is 11.8 Å². The molecule has 0 unspecified atom stereocenters. The molecule has 1 N–H and O–H groups in total. The van der Waals surface area contributed by atoms with E-state index in [9.17, 15) is 4.79 Å². The molecule has 1 aromatic carbocycles. The van der Waals surface area contributed by atoms with Crippen molar-refractivity contribution in [3.05, 3.63) is 38.8 Å². The van der Waals surface area contributed by atoms with Crippen LogP contribution in [-0.4, -0.2) is 41.5 Å². The van der Waals surface area contributed by atoms with E-state index in [4.69, 9.17) is 23.6 Å². The number of ether oxygens (including phenoxy) is 3. The molecular formula is C22H22N4O5S2. The maximum Gasteiger partial charge on any atom is 0.277 e. The minimum absolute atomic E-state index is 0.0707. The van der Waals surface area contributed by atoms with Crippen LogP contribution in [0.4, 0.5) is 0 Å². The quantitative estimate of drug-likeness (QED) is 0.383. The lowest BCUT2D eigenvalue weighted by Gasteiger charge is -2.12. The molecule has 0 saturated heterocycles. The van der Waals surface area contributed by atoms with Crippen LogP contribution in [0.5, 0.6) is 17.2 Å². The van der Waals surface area contributed by atoms with Gasteiger partial charge in [-0.2, -0.15) is 0 Å². The molecule has 4 aromatic rings. The van der Waals surface area contributed by atoms with Crippen LogP contribution in [0, 0.1) is 0 Å². The van der Waals surface area contributed by atoms with Gasteiger partial charge >= 0.3 is 0 Å². The van der Waals surface area contributed by atoms with Gasteiger partial charge in [0.25, 0.3) is 10.8 Å². The number of aromatic amines is 1. The first kappa shape index (κ1) is 21.8. The maximum atomic E-state index is 12.7. The van der Waals surface area contributed by atoms with E-state index in [0.29, 0.717) is 45.5 Å². The molecule has 0 bridgehead atoms. The molecule has 0 atom stereocenters. The van der Waals surface area contributed by atoms with Gasteiger partial charge in [0.15, 0.2) is 11.5 Å². The van der Waals surface area contributed by atoms with Crippen LogP contribution < -0.4 is 19.8 Å². The number of aryl methyl sites for hydroxylation is 2. The van der Waals surface area contributed by atoms with E-state index in [2.05, 4.69) is 15.2 Å². The third kappa shape index (κ3) is 4.06. The van der Waals surface area contributed by atoms with Crippen molar-refractivity contribution in [1.82, 2.24) is 20.2 Å². The average Bonchev–Trinajstić information content (AvgIpc) is 3.46. The second-order valence-electron chi connectivity index (χ2n) is 7.48. The lowest BCUT2D eigenvalue weighted by Crippen LogP contribution is -2.12. The lowest BCUT2D eigenvalue weighted by atomic mass is 9.97. The topological polar surface area (TPSA) is 112 Å². The highest BCUT2D eigenvalue weighted by molar-refractivity contribution is 7.98. The maximum absolute atomic E-state index is 12.7. The van der Waals surface area contributed by atoms with Crippen LogP contribution in [0.2, 0.25) is 0 Å². The van der Waals surface area contributed by atoms with Crippen LogP contribution in [0.3, 0.4) is 0 Å². The molecule has 172 valence electrons. The summed E-state index contributed by atoms with van der Waals surface area (Å²) < 4.78 is 21.9. The Morgan fingerprint density at radius 3 is 2.58 bits per heavy atom. The molecule has 0 amide bonds. The molecule has 9 nitrogen and oxygen atoms in total. The number of aromatic nitrogens is 4. The number of nitrogens with zero attached hydrogens (tertiary/aromatic N) is 3. The van der Waals surface area contributed by atoms with E-state index in [1.807, 2.05) is 0 Å². The average molecular weight is 487 g/mol. The molecule has 3 heterocycles. The minimum atomic E-state index is -0.0707. The first-order valence-electron chi connectivity index (χ1n) is 10.4. The van der Waals surface area contributed by atoms with Crippen LogP contribution in [0.1, 0.15) is 29.1 Å². The Hall–Kier alpha value is -3.05. The second kappa shape index (κ2) is 9.06. The molecule has 0 aliphatic heterocycles. The number of nitrogens with one attached hydrogen (secondary N) is 1. The fourth-order valence-electron chi connectivity index (χ4n) is 4.00. The summed E-state index contributed by atoms with van der Waals surface area (Å²) in [7, 11) is 4.64. The Bertz CT molecular complexity index is 1350. The third-order valence-corrected chi connectivity index (χ3v) is 7.54. The van der Waals surface area contributed by atoms with Gasteiger partial charge in [-0.15, -0.1) is 21.5 Å². The van der Waals surface area contributed by atoms with Crippen LogP contribution >= 0.6 is 23.1 Å². The summed E-state index contributed by atoms with van der Waals surface area (Å²) in [5.41, 5.74) is 1.75. The minimum Gasteiger partial charge on any atom is -0.493 e. The van der Waals surface area contributed by atoms with Crippen LogP contribution in [0.25, 0.3) is 21.7 Å². The zero-order chi connectivity index (χ0) is 22.9. The zero-order valence-corrected chi connectivity index (χ0v) is 20.0. The fourth-order valence-corrected chi connectivity index (χ4v) is 5.91. The van der Waals surface area contributed by atoms with Crippen LogP contribution in [-0.2, 0) is 18.6 Å². The number of thioether (sulfide) groups is 1. The van der Waals surface area contributed by atoms with Gasteiger partial charge in [0.1, 0.15) is 10.7 Å². The van der Waals surface area contributed by atoms with Gasteiger partial charge < -0.3 is 23.6 Å². The van der Waals surface area contributed by atoms with Crippen molar-refractivity contribution >= 4 is 33.3 Å². The molecule has 11 heteroatoms. The van der Waals surface area contributed by atoms with Gasteiger partial charge in [0.2, 0.25) is 11.6 Å². The van der Waals surface area contributed by atoms with E-state index in [1.165, 1.54) is 28.6 Å². The van der Waals surface area contributed by atoms with Gasteiger partial charge in [0.05, 0.1) is 32.5 Å². The summed E-state index contributed by atoms with van der Waals surface area (Å²) in [6.45, 7) is 0. The van der Waals surface area contributed by atoms with Gasteiger partial charge in [-0.25, -0.2) is 4.98 Å². The standard InChI is InChI=1S/C22H22N4O5S2/c1-28-13-8-11(9-14(29-2)18(13)30-3)20-25-26-22(31-20)32-10-16-23-19(27)17-12-6-4-5-7-15(12)33-21(17)24-16/h8-9H,4-7,10H2,1-3H3,(H,23,24,27). The van der Waals surface area contributed by atoms with Crippen molar-refractivity contribution in [2.75, 3.05) is 21.3 Å². The molecule has 0 radical (unpaired) electrons. The largest absolute Gasteiger partial charge is 0.493 e. The van der Waals surface area contributed by atoms with Gasteiger partial charge in [-0.05, 0) is 43.4 Å². The Kier molecular flexibility index (Phi) is 5.98. The monoisotopic (exact) mass is 486 g/mol. The zero-order valence-electron chi connectivity index (χ0n) is 18.4. The predicted octanol–water partition coefficient (Wildman–Crippen LogP) is 4.23.